The summed E-state index contributed by atoms with van der Waals surface area (Å²) in [6.45, 7) is 5.73. The van der Waals surface area contributed by atoms with E-state index in [0.29, 0.717) is 5.56 Å². The van der Waals surface area contributed by atoms with Crippen LogP contribution in [0.5, 0.6) is 0 Å². The van der Waals surface area contributed by atoms with Gasteiger partial charge in [0.05, 0.1) is 0 Å². The molecule has 0 saturated carbocycles. The molecule has 0 heterocycles. The van der Waals surface area contributed by atoms with Gasteiger partial charge in [0.15, 0.2) is 0 Å². The van der Waals surface area contributed by atoms with Crippen molar-refractivity contribution < 1.29 is 8.78 Å². The topological polar surface area (TPSA) is 12.0 Å². The second-order valence-corrected chi connectivity index (χ2v) is 6.14. The molecular formula is C17H18BrF2N. The fourth-order valence-electron chi connectivity index (χ4n) is 2.29. The second kappa shape index (κ2) is 6.67. The van der Waals surface area contributed by atoms with Gasteiger partial charge < -0.3 is 5.32 Å². The summed E-state index contributed by atoms with van der Waals surface area (Å²) < 4.78 is 27.5. The van der Waals surface area contributed by atoms with Crippen LogP contribution in [0.1, 0.15) is 42.6 Å². The Morgan fingerprint density at radius 1 is 1.00 bits per heavy atom. The van der Waals surface area contributed by atoms with Crippen molar-refractivity contribution in [3.05, 3.63) is 69.2 Å². The van der Waals surface area contributed by atoms with Gasteiger partial charge >= 0.3 is 0 Å². The van der Waals surface area contributed by atoms with Crippen molar-refractivity contribution in [2.45, 2.75) is 32.9 Å². The van der Waals surface area contributed by atoms with Gasteiger partial charge in [0, 0.05) is 16.6 Å². The SMILES string of the molecule is Cc1ccc(C(C)NC(C)c2ccc(F)cc2Br)cc1F. The van der Waals surface area contributed by atoms with E-state index in [2.05, 4.69) is 21.2 Å². The molecule has 2 aromatic carbocycles. The lowest BCUT2D eigenvalue weighted by atomic mass is 10.0. The van der Waals surface area contributed by atoms with Gasteiger partial charge in [-0.15, -0.1) is 0 Å². The molecule has 0 amide bonds. The van der Waals surface area contributed by atoms with Gasteiger partial charge in [0.1, 0.15) is 11.6 Å². The molecule has 0 saturated heterocycles. The molecule has 0 aromatic heterocycles. The molecule has 0 bridgehead atoms. The molecule has 0 aliphatic heterocycles. The highest BCUT2D eigenvalue weighted by molar-refractivity contribution is 9.10. The van der Waals surface area contributed by atoms with Gasteiger partial charge in [0.25, 0.3) is 0 Å². The molecule has 112 valence electrons. The van der Waals surface area contributed by atoms with Crippen LogP contribution in [0.2, 0.25) is 0 Å². The summed E-state index contributed by atoms with van der Waals surface area (Å²) in [6, 6.07) is 9.90. The van der Waals surface area contributed by atoms with E-state index >= 15 is 0 Å². The van der Waals surface area contributed by atoms with Crippen molar-refractivity contribution in [3.63, 3.8) is 0 Å². The van der Waals surface area contributed by atoms with Crippen LogP contribution in [0.15, 0.2) is 40.9 Å². The van der Waals surface area contributed by atoms with Gasteiger partial charge in [-0.25, -0.2) is 8.78 Å². The van der Waals surface area contributed by atoms with Crippen molar-refractivity contribution in [1.29, 1.82) is 0 Å². The molecule has 1 N–H and O–H groups in total. The van der Waals surface area contributed by atoms with Crippen LogP contribution < -0.4 is 5.32 Å². The lowest BCUT2D eigenvalue weighted by Crippen LogP contribution is -2.23. The van der Waals surface area contributed by atoms with Crippen molar-refractivity contribution in [3.8, 4) is 0 Å². The maximum absolute atomic E-state index is 13.6. The smallest absolute Gasteiger partial charge is 0.126 e. The molecule has 0 spiro atoms. The highest BCUT2D eigenvalue weighted by Crippen LogP contribution is 2.27. The third kappa shape index (κ3) is 3.89. The molecule has 0 aliphatic carbocycles. The summed E-state index contributed by atoms with van der Waals surface area (Å²) in [4.78, 5) is 0. The first-order chi connectivity index (χ1) is 9.88. The third-order valence-electron chi connectivity index (χ3n) is 3.62. The lowest BCUT2D eigenvalue weighted by molar-refractivity contribution is 0.489. The highest BCUT2D eigenvalue weighted by atomic mass is 79.9. The lowest BCUT2D eigenvalue weighted by Gasteiger charge is -2.22. The van der Waals surface area contributed by atoms with E-state index in [1.54, 1.807) is 25.1 Å². The fraction of sp³-hybridized carbons (Fsp3) is 0.294. The first-order valence-corrected chi connectivity index (χ1v) is 7.65. The minimum atomic E-state index is -0.272. The Bertz CT molecular complexity index is 643. The predicted molar refractivity (Wildman–Crippen MR) is 85.2 cm³/mol. The predicted octanol–water partition coefficient (Wildman–Crippen LogP) is 5.45. The standard InChI is InChI=1S/C17H18BrF2N/c1-10-4-5-13(8-17(10)20)11(2)21-12(3)15-7-6-14(19)9-16(15)18/h4-9,11-12,21H,1-3H3. The Labute approximate surface area is 132 Å². The summed E-state index contributed by atoms with van der Waals surface area (Å²) in [7, 11) is 0. The quantitative estimate of drug-likeness (QED) is 0.770. The molecule has 4 heteroatoms. The number of aryl methyl sites for hydroxylation is 1. The molecule has 2 aromatic rings. The summed E-state index contributed by atoms with van der Waals surface area (Å²) in [5, 5.41) is 3.40. The van der Waals surface area contributed by atoms with Gasteiger partial charge in [-0.2, -0.15) is 0 Å². The Balaban J connectivity index is 2.14. The molecule has 21 heavy (non-hydrogen) atoms. The van der Waals surface area contributed by atoms with Crippen LogP contribution in [-0.2, 0) is 0 Å². The Morgan fingerprint density at radius 2 is 1.71 bits per heavy atom. The molecular weight excluding hydrogens is 336 g/mol. The largest absolute Gasteiger partial charge is 0.304 e. The summed E-state index contributed by atoms with van der Waals surface area (Å²) in [5.41, 5.74) is 2.50. The highest BCUT2D eigenvalue weighted by Gasteiger charge is 2.14. The number of hydrogen-bond acceptors (Lipinski definition) is 1. The van der Waals surface area contributed by atoms with E-state index in [0.717, 1.165) is 15.6 Å². The van der Waals surface area contributed by atoms with E-state index in [4.69, 9.17) is 0 Å². The summed E-state index contributed by atoms with van der Waals surface area (Å²) >= 11 is 3.38. The van der Waals surface area contributed by atoms with Crippen molar-refractivity contribution in [2.75, 3.05) is 0 Å². The van der Waals surface area contributed by atoms with Crippen LogP contribution in [0.4, 0.5) is 8.78 Å². The van der Waals surface area contributed by atoms with E-state index in [-0.39, 0.29) is 23.7 Å². The number of halogens is 3. The minimum absolute atomic E-state index is 0.00736. The van der Waals surface area contributed by atoms with Crippen molar-refractivity contribution in [1.82, 2.24) is 5.32 Å². The molecule has 0 aliphatic rings. The van der Waals surface area contributed by atoms with Gasteiger partial charge in [-0.1, -0.05) is 34.1 Å². The number of rotatable bonds is 4. The van der Waals surface area contributed by atoms with Gasteiger partial charge in [0.2, 0.25) is 0 Å². The Hall–Kier alpha value is -1.26. The zero-order valence-corrected chi connectivity index (χ0v) is 13.8. The molecule has 2 rings (SSSR count). The van der Waals surface area contributed by atoms with Crippen LogP contribution in [-0.4, -0.2) is 0 Å². The average molecular weight is 354 g/mol. The molecule has 1 nitrogen and oxygen atoms in total. The van der Waals surface area contributed by atoms with E-state index in [9.17, 15) is 8.78 Å². The van der Waals surface area contributed by atoms with E-state index < -0.39 is 0 Å². The zero-order valence-electron chi connectivity index (χ0n) is 12.3. The first-order valence-electron chi connectivity index (χ1n) is 6.85. The maximum Gasteiger partial charge on any atom is 0.126 e. The normalized spacial score (nSPS) is 14.0. The zero-order chi connectivity index (χ0) is 15.6. The fourth-order valence-corrected chi connectivity index (χ4v) is 2.99. The molecule has 2 unspecified atom stereocenters. The Kier molecular flexibility index (Phi) is 5.12. The van der Waals surface area contributed by atoms with Crippen LogP contribution >= 0.6 is 15.9 Å². The summed E-state index contributed by atoms with van der Waals surface area (Å²) in [6.07, 6.45) is 0. The van der Waals surface area contributed by atoms with Crippen LogP contribution in [0, 0.1) is 18.6 Å². The molecule has 2 atom stereocenters. The average Bonchev–Trinajstić information content (AvgIpc) is 2.41. The number of benzene rings is 2. The number of nitrogens with one attached hydrogen (secondary N) is 1. The van der Waals surface area contributed by atoms with E-state index in [1.165, 1.54) is 12.1 Å². The number of hydrogen-bond donors (Lipinski definition) is 1. The van der Waals surface area contributed by atoms with Gasteiger partial charge in [-0.05, 0) is 55.7 Å². The van der Waals surface area contributed by atoms with Crippen molar-refractivity contribution >= 4 is 15.9 Å². The molecule has 0 fully saturated rings. The second-order valence-electron chi connectivity index (χ2n) is 5.28. The van der Waals surface area contributed by atoms with Crippen LogP contribution in [0.3, 0.4) is 0 Å². The van der Waals surface area contributed by atoms with E-state index in [1.807, 2.05) is 19.9 Å². The van der Waals surface area contributed by atoms with Crippen molar-refractivity contribution in [2.24, 2.45) is 0 Å². The van der Waals surface area contributed by atoms with Gasteiger partial charge in [-0.3, -0.25) is 0 Å². The maximum atomic E-state index is 13.6. The summed E-state index contributed by atoms with van der Waals surface area (Å²) in [5.74, 6) is -0.469. The van der Waals surface area contributed by atoms with Crippen LogP contribution in [0.25, 0.3) is 0 Å². The minimum Gasteiger partial charge on any atom is -0.304 e. The first kappa shape index (κ1) is 16.1. The monoisotopic (exact) mass is 353 g/mol. The Morgan fingerprint density at radius 3 is 2.33 bits per heavy atom. The molecule has 0 radical (unpaired) electrons. The third-order valence-corrected chi connectivity index (χ3v) is 4.31.